The van der Waals surface area contributed by atoms with Crippen molar-refractivity contribution in [2.45, 2.75) is 32.1 Å². The molecule has 0 bridgehead atoms. The molecule has 0 saturated heterocycles. The number of anilines is 3. The van der Waals surface area contributed by atoms with Crippen molar-refractivity contribution in [2.75, 3.05) is 4.90 Å². The van der Waals surface area contributed by atoms with Crippen LogP contribution in [0.2, 0.25) is 0 Å². The summed E-state index contributed by atoms with van der Waals surface area (Å²) < 4.78 is 0. The maximum Gasteiger partial charge on any atom is 0.164 e. The lowest BCUT2D eigenvalue weighted by atomic mass is 9.73. The van der Waals surface area contributed by atoms with Crippen LogP contribution in [0.1, 0.15) is 47.2 Å². The van der Waals surface area contributed by atoms with Gasteiger partial charge in [0.15, 0.2) is 17.5 Å². The molecule has 0 N–H and O–H groups in total. The minimum Gasteiger partial charge on any atom is -0.310 e. The van der Waals surface area contributed by atoms with Gasteiger partial charge in [0.2, 0.25) is 0 Å². The molecule has 0 fully saturated rings. The molecule has 1 aliphatic heterocycles. The molecule has 7 aromatic carbocycles. The van der Waals surface area contributed by atoms with E-state index in [1.165, 1.54) is 61.2 Å². The molecule has 8 aromatic rings. The zero-order valence-electron chi connectivity index (χ0n) is 29.2. The van der Waals surface area contributed by atoms with Crippen LogP contribution < -0.4 is 4.90 Å². The van der Waals surface area contributed by atoms with E-state index < -0.39 is 0 Å². The fourth-order valence-corrected chi connectivity index (χ4v) is 8.24. The first-order valence-electron chi connectivity index (χ1n) is 18.0. The molecule has 4 nitrogen and oxygen atoms in total. The number of hydrogen-bond donors (Lipinski definition) is 0. The van der Waals surface area contributed by atoms with Crippen LogP contribution >= 0.6 is 0 Å². The third-order valence-electron chi connectivity index (χ3n) is 11.0. The molecule has 0 amide bonds. The van der Waals surface area contributed by atoms with Crippen molar-refractivity contribution in [1.29, 1.82) is 0 Å². The molecule has 0 spiro atoms. The predicted molar refractivity (Wildman–Crippen MR) is 213 cm³/mol. The van der Waals surface area contributed by atoms with Gasteiger partial charge in [0, 0.05) is 27.8 Å². The van der Waals surface area contributed by atoms with E-state index in [2.05, 4.69) is 140 Å². The van der Waals surface area contributed by atoms with Crippen LogP contribution in [-0.2, 0) is 18.3 Å². The minimum absolute atomic E-state index is 0.0786. The van der Waals surface area contributed by atoms with E-state index in [4.69, 9.17) is 15.0 Å². The molecule has 1 aliphatic carbocycles. The summed E-state index contributed by atoms with van der Waals surface area (Å²) in [6, 6.07) is 56.5. The Hall–Kier alpha value is -6.39. The summed E-state index contributed by atoms with van der Waals surface area (Å²) in [5.74, 6) is 2.05. The first kappa shape index (κ1) is 30.4. The van der Waals surface area contributed by atoms with Crippen molar-refractivity contribution in [2.24, 2.45) is 0 Å². The molecule has 248 valence electrons. The van der Waals surface area contributed by atoms with Gasteiger partial charge in [-0.15, -0.1) is 0 Å². The summed E-state index contributed by atoms with van der Waals surface area (Å²) in [6.07, 6.45) is 1.77. The topological polar surface area (TPSA) is 41.9 Å². The van der Waals surface area contributed by atoms with Crippen molar-refractivity contribution >= 4 is 27.8 Å². The van der Waals surface area contributed by atoms with E-state index in [-0.39, 0.29) is 5.41 Å². The molecule has 0 radical (unpaired) electrons. The summed E-state index contributed by atoms with van der Waals surface area (Å²) in [5.41, 5.74) is 14.7. The average Bonchev–Trinajstić information content (AvgIpc) is 3.20. The van der Waals surface area contributed by atoms with Gasteiger partial charge in [0.25, 0.3) is 0 Å². The van der Waals surface area contributed by atoms with Crippen molar-refractivity contribution < 1.29 is 0 Å². The maximum absolute atomic E-state index is 4.99. The van der Waals surface area contributed by atoms with E-state index in [1.807, 2.05) is 36.4 Å². The highest BCUT2D eigenvalue weighted by Gasteiger charge is 2.36. The van der Waals surface area contributed by atoms with E-state index in [1.54, 1.807) is 0 Å². The van der Waals surface area contributed by atoms with Crippen LogP contribution in [0.3, 0.4) is 0 Å². The van der Waals surface area contributed by atoms with Crippen LogP contribution in [0.25, 0.3) is 44.9 Å². The number of nitrogens with zero attached hydrogens (tertiary/aromatic N) is 4. The summed E-state index contributed by atoms with van der Waals surface area (Å²) in [4.78, 5) is 17.3. The van der Waals surface area contributed by atoms with Crippen LogP contribution in [0, 0.1) is 0 Å². The van der Waals surface area contributed by atoms with Crippen molar-refractivity contribution in [3.05, 3.63) is 191 Å². The van der Waals surface area contributed by atoms with Gasteiger partial charge in [-0.2, -0.15) is 0 Å². The van der Waals surface area contributed by atoms with Gasteiger partial charge in [-0.3, -0.25) is 0 Å². The number of fused-ring (bicyclic) bond motifs is 5. The summed E-state index contributed by atoms with van der Waals surface area (Å²) in [7, 11) is 0. The molecule has 0 atom stereocenters. The van der Waals surface area contributed by atoms with Crippen LogP contribution in [0.4, 0.5) is 17.1 Å². The molecular weight excluding hydrogens is 633 g/mol. The van der Waals surface area contributed by atoms with Gasteiger partial charge in [0.05, 0.1) is 11.4 Å². The second-order valence-corrected chi connectivity index (χ2v) is 14.5. The standard InChI is InChI=1S/C48H36N4/c1-48(2)41-17-9-11-19-43(41)52(44-20-12-10-18-42(44)48)40-24-23-34-26-37-28-36-27-35(22-21-33(36)25-38(37)29-39(34)30-40)47-50-45(31-13-5-3-6-14-31)49-46(51-47)32-15-7-4-8-16-32/h3-24,26-27,29-30H,25,28H2,1-2H3. The lowest BCUT2D eigenvalue weighted by Gasteiger charge is -2.42. The molecule has 1 aromatic heterocycles. The highest BCUT2D eigenvalue weighted by atomic mass is 15.2. The molecule has 2 aliphatic rings. The third kappa shape index (κ3) is 5.02. The number of rotatable bonds is 4. The van der Waals surface area contributed by atoms with Crippen LogP contribution in [0.5, 0.6) is 0 Å². The average molecular weight is 669 g/mol. The second-order valence-electron chi connectivity index (χ2n) is 14.5. The van der Waals surface area contributed by atoms with Crippen molar-refractivity contribution in [1.82, 2.24) is 15.0 Å². The van der Waals surface area contributed by atoms with Crippen LogP contribution in [-0.4, -0.2) is 15.0 Å². The molecule has 0 unspecified atom stereocenters. The zero-order chi connectivity index (χ0) is 34.8. The fraction of sp³-hybridized carbons (Fsp3) is 0.104. The number of aromatic nitrogens is 3. The van der Waals surface area contributed by atoms with Gasteiger partial charge in [-0.05, 0) is 87.3 Å². The molecule has 52 heavy (non-hydrogen) atoms. The molecule has 0 saturated carbocycles. The molecule has 2 heterocycles. The van der Waals surface area contributed by atoms with Gasteiger partial charge in [-0.25, -0.2) is 15.0 Å². The van der Waals surface area contributed by atoms with Crippen LogP contribution in [0.15, 0.2) is 158 Å². The zero-order valence-corrected chi connectivity index (χ0v) is 29.2. The van der Waals surface area contributed by atoms with E-state index in [0.717, 1.165) is 29.5 Å². The van der Waals surface area contributed by atoms with Crippen molar-refractivity contribution in [3.8, 4) is 34.2 Å². The monoisotopic (exact) mass is 668 g/mol. The normalized spacial score (nSPS) is 13.9. The third-order valence-corrected chi connectivity index (χ3v) is 11.0. The Morgan fingerprint density at radius 3 is 1.54 bits per heavy atom. The first-order chi connectivity index (χ1) is 25.5. The van der Waals surface area contributed by atoms with E-state index in [0.29, 0.717) is 17.5 Å². The quantitative estimate of drug-likeness (QED) is 0.187. The summed E-state index contributed by atoms with van der Waals surface area (Å²) in [5, 5.41) is 2.53. The lowest BCUT2D eigenvalue weighted by Crippen LogP contribution is -2.30. The fourth-order valence-electron chi connectivity index (χ4n) is 8.24. The maximum atomic E-state index is 4.99. The smallest absolute Gasteiger partial charge is 0.164 e. The van der Waals surface area contributed by atoms with Crippen molar-refractivity contribution in [3.63, 3.8) is 0 Å². The van der Waals surface area contributed by atoms with Gasteiger partial charge in [0.1, 0.15) is 0 Å². The second kappa shape index (κ2) is 11.9. The molecular formula is C48H36N4. The SMILES string of the molecule is CC1(C)c2ccccc2N(c2ccc3cc4c(cc3c2)Cc2ccc(-c3nc(-c5ccccc5)nc(-c5ccccc5)n3)cc2C4)c2ccccc21. The number of para-hydroxylation sites is 2. The lowest BCUT2D eigenvalue weighted by molar-refractivity contribution is 0.632. The van der Waals surface area contributed by atoms with Gasteiger partial charge in [-0.1, -0.05) is 141 Å². The van der Waals surface area contributed by atoms with E-state index in [9.17, 15) is 0 Å². The highest BCUT2D eigenvalue weighted by molar-refractivity contribution is 5.93. The Balaban J connectivity index is 1.01. The summed E-state index contributed by atoms with van der Waals surface area (Å²) >= 11 is 0. The Morgan fingerprint density at radius 2 is 0.923 bits per heavy atom. The Kier molecular flexibility index (Phi) is 6.94. The predicted octanol–water partition coefficient (Wildman–Crippen LogP) is 11.6. The van der Waals surface area contributed by atoms with E-state index >= 15 is 0 Å². The number of benzene rings is 7. The Bertz CT molecular complexity index is 2550. The number of hydrogen-bond acceptors (Lipinski definition) is 4. The Morgan fingerprint density at radius 1 is 0.423 bits per heavy atom. The highest BCUT2D eigenvalue weighted by Crippen LogP contribution is 2.52. The summed E-state index contributed by atoms with van der Waals surface area (Å²) in [6.45, 7) is 4.67. The van der Waals surface area contributed by atoms with Gasteiger partial charge < -0.3 is 4.90 Å². The molecule has 10 rings (SSSR count). The Labute approximate surface area is 304 Å². The minimum atomic E-state index is -0.0786. The van der Waals surface area contributed by atoms with Gasteiger partial charge >= 0.3 is 0 Å². The largest absolute Gasteiger partial charge is 0.310 e. The molecule has 4 heteroatoms. The first-order valence-corrected chi connectivity index (χ1v) is 18.0.